The first-order valence-corrected chi connectivity index (χ1v) is 12.6. The van der Waals surface area contributed by atoms with Crippen molar-refractivity contribution in [3.8, 4) is 11.1 Å². The predicted molar refractivity (Wildman–Crippen MR) is 131 cm³/mol. The fourth-order valence-electron chi connectivity index (χ4n) is 5.47. The van der Waals surface area contributed by atoms with Crippen molar-refractivity contribution in [1.82, 2.24) is 0 Å². The summed E-state index contributed by atoms with van der Waals surface area (Å²) in [4.78, 5) is 0. The van der Waals surface area contributed by atoms with E-state index in [1.165, 1.54) is 43.0 Å². The zero-order valence-electron chi connectivity index (χ0n) is 17.0. The van der Waals surface area contributed by atoms with Gasteiger partial charge >= 0.3 is 0 Å². The Morgan fingerprint density at radius 2 is 1.10 bits per heavy atom. The maximum atomic E-state index is 2.38. The highest BCUT2D eigenvalue weighted by molar-refractivity contribution is 7.23. The van der Waals surface area contributed by atoms with Gasteiger partial charge in [0, 0.05) is 0 Å². The molecule has 0 aromatic heterocycles. The van der Waals surface area contributed by atoms with Gasteiger partial charge in [0.1, 0.15) is 0 Å². The summed E-state index contributed by atoms with van der Waals surface area (Å²) in [5.74, 6) is 0. The van der Waals surface area contributed by atoms with Crippen LogP contribution in [-0.2, 0) is 0 Å². The van der Waals surface area contributed by atoms with Gasteiger partial charge in [-0.3, -0.25) is 0 Å². The van der Waals surface area contributed by atoms with E-state index in [0.717, 1.165) is 0 Å². The molecule has 0 unspecified atom stereocenters. The molecule has 30 heavy (non-hydrogen) atoms. The molecule has 0 nitrogen and oxygen atoms in total. The van der Waals surface area contributed by atoms with Crippen LogP contribution in [0.2, 0.25) is 0 Å². The highest BCUT2D eigenvalue weighted by Crippen LogP contribution is 2.33. The quantitative estimate of drug-likeness (QED) is 0.377. The van der Waals surface area contributed by atoms with Gasteiger partial charge in [0.2, 0.25) is 0 Å². The minimum atomic E-state index is -2.41. The molecule has 0 spiro atoms. The Bertz CT molecular complexity index is 1350. The van der Waals surface area contributed by atoms with Crippen LogP contribution in [0.1, 0.15) is 5.56 Å². The lowest BCUT2D eigenvalue weighted by Crippen LogP contribution is -2.73. The molecular weight excluding hydrogens is 376 g/mol. The van der Waals surface area contributed by atoms with Gasteiger partial charge in [0.25, 0.3) is 0 Å². The van der Waals surface area contributed by atoms with Crippen LogP contribution in [0, 0.1) is 6.92 Å². The maximum absolute atomic E-state index is 2.41. The van der Waals surface area contributed by atoms with Gasteiger partial charge in [-0.25, -0.2) is 0 Å². The van der Waals surface area contributed by atoms with Crippen molar-refractivity contribution < 1.29 is 0 Å². The van der Waals surface area contributed by atoms with Crippen LogP contribution in [-0.4, -0.2) is 8.07 Å². The molecule has 0 bridgehead atoms. The van der Waals surface area contributed by atoms with Crippen molar-refractivity contribution in [1.29, 1.82) is 0 Å². The van der Waals surface area contributed by atoms with E-state index in [1.54, 1.807) is 5.19 Å². The predicted octanol–water partition coefficient (Wildman–Crippen LogP) is 4.51. The van der Waals surface area contributed by atoms with E-state index in [2.05, 4.69) is 122 Å². The van der Waals surface area contributed by atoms with E-state index < -0.39 is 8.07 Å². The fourth-order valence-corrected chi connectivity index (χ4v) is 10.9. The van der Waals surface area contributed by atoms with Gasteiger partial charge < -0.3 is 0 Å². The lowest BCUT2D eigenvalue weighted by Gasteiger charge is -2.32. The monoisotopic (exact) mass is 398 g/mol. The summed E-state index contributed by atoms with van der Waals surface area (Å²) in [6.07, 6.45) is 0. The Balaban J connectivity index is 1.89. The first kappa shape index (κ1) is 17.4. The van der Waals surface area contributed by atoms with Crippen molar-refractivity contribution in [3.05, 3.63) is 121 Å². The molecule has 5 aromatic carbocycles. The smallest absolute Gasteiger partial charge is 0.0623 e. The topological polar surface area (TPSA) is 0 Å². The summed E-state index contributed by atoms with van der Waals surface area (Å²) in [7, 11) is -2.41. The molecule has 5 aromatic rings. The molecular formula is C29H22Si. The number of fused-ring (bicyclic) bond motifs is 5. The molecule has 6 rings (SSSR count). The summed E-state index contributed by atoms with van der Waals surface area (Å²) in [5, 5.41) is 8.73. The third-order valence-corrected chi connectivity index (χ3v) is 11.6. The Morgan fingerprint density at radius 3 is 1.80 bits per heavy atom. The molecule has 0 fully saturated rings. The van der Waals surface area contributed by atoms with E-state index in [4.69, 9.17) is 0 Å². The molecule has 0 radical (unpaired) electrons. The van der Waals surface area contributed by atoms with E-state index in [0.29, 0.717) is 0 Å². The van der Waals surface area contributed by atoms with Crippen molar-refractivity contribution in [3.63, 3.8) is 0 Å². The van der Waals surface area contributed by atoms with Gasteiger partial charge in [0.05, 0.1) is 0 Å². The Labute approximate surface area is 178 Å². The summed E-state index contributed by atoms with van der Waals surface area (Å²) >= 11 is 0. The lowest BCUT2D eigenvalue weighted by atomic mass is 9.99. The van der Waals surface area contributed by atoms with E-state index in [1.807, 2.05) is 0 Å². The molecule has 0 N–H and O–H groups in total. The number of aryl methyl sites for hydroxylation is 1. The lowest BCUT2D eigenvalue weighted by molar-refractivity contribution is 1.54. The zero-order chi connectivity index (χ0) is 20.1. The van der Waals surface area contributed by atoms with E-state index in [9.17, 15) is 0 Å². The normalized spacial score (nSPS) is 13.8. The first-order chi connectivity index (χ1) is 14.8. The minimum absolute atomic E-state index is 1.34. The van der Waals surface area contributed by atoms with Crippen LogP contribution in [0.3, 0.4) is 0 Å². The van der Waals surface area contributed by atoms with Gasteiger partial charge in [-0.05, 0) is 55.1 Å². The molecule has 0 aliphatic carbocycles. The Hall–Kier alpha value is -3.42. The Kier molecular flexibility index (Phi) is 3.81. The maximum Gasteiger partial charge on any atom is 0.181 e. The second kappa shape index (κ2) is 6.55. The van der Waals surface area contributed by atoms with Crippen LogP contribution in [0.25, 0.3) is 21.9 Å². The highest BCUT2D eigenvalue weighted by Gasteiger charge is 2.49. The molecule has 0 saturated carbocycles. The molecule has 1 aliphatic heterocycles. The average Bonchev–Trinajstić information content (AvgIpc) is 3.12. The Morgan fingerprint density at radius 1 is 0.467 bits per heavy atom. The molecule has 1 heteroatoms. The van der Waals surface area contributed by atoms with Crippen LogP contribution < -0.4 is 20.7 Å². The second-order valence-electron chi connectivity index (χ2n) is 8.19. The minimum Gasteiger partial charge on any atom is -0.0623 e. The van der Waals surface area contributed by atoms with E-state index in [-0.39, 0.29) is 0 Å². The number of benzene rings is 5. The summed E-state index contributed by atoms with van der Waals surface area (Å²) in [5.41, 5.74) is 4.15. The zero-order valence-corrected chi connectivity index (χ0v) is 18.0. The largest absolute Gasteiger partial charge is 0.181 e. The van der Waals surface area contributed by atoms with Gasteiger partial charge in [-0.1, -0.05) is 115 Å². The molecule has 142 valence electrons. The average molecular weight is 399 g/mol. The first-order valence-electron chi connectivity index (χ1n) is 10.6. The SMILES string of the molecule is Cc1cccc2c3c(ccc12)-c1ccccc1[Si]3(c1ccccc1)c1ccccc1. The number of rotatable bonds is 2. The van der Waals surface area contributed by atoms with Crippen LogP contribution in [0.5, 0.6) is 0 Å². The fraction of sp³-hybridized carbons (Fsp3) is 0.0345. The summed E-state index contributed by atoms with van der Waals surface area (Å²) in [6.45, 7) is 2.23. The highest BCUT2D eigenvalue weighted by atomic mass is 28.3. The van der Waals surface area contributed by atoms with Crippen LogP contribution >= 0.6 is 0 Å². The van der Waals surface area contributed by atoms with Gasteiger partial charge in [-0.15, -0.1) is 0 Å². The van der Waals surface area contributed by atoms with Crippen LogP contribution in [0.15, 0.2) is 115 Å². The standard InChI is InChI=1S/C29H22Si/c1-21-11-10-17-26-24(21)19-20-27-25-16-8-9-18-28(25)30(29(26)27,22-12-4-2-5-13-22)23-14-6-3-7-15-23/h2-20H,1H3. The van der Waals surface area contributed by atoms with Crippen molar-refractivity contribution >= 4 is 39.6 Å². The third-order valence-electron chi connectivity index (χ3n) is 6.69. The van der Waals surface area contributed by atoms with E-state index >= 15 is 0 Å². The third kappa shape index (κ3) is 2.21. The second-order valence-corrected chi connectivity index (χ2v) is 11.9. The van der Waals surface area contributed by atoms with Crippen molar-refractivity contribution in [2.24, 2.45) is 0 Å². The summed E-state index contributed by atoms with van der Waals surface area (Å²) in [6, 6.07) is 43.0. The van der Waals surface area contributed by atoms with Crippen molar-refractivity contribution in [2.45, 2.75) is 6.92 Å². The molecule has 0 saturated heterocycles. The number of hydrogen-bond acceptors (Lipinski definition) is 0. The number of hydrogen-bond donors (Lipinski definition) is 0. The van der Waals surface area contributed by atoms with Crippen LogP contribution in [0.4, 0.5) is 0 Å². The van der Waals surface area contributed by atoms with Crippen molar-refractivity contribution in [2.75, 3.05) is 0 Å². The molecule has 0 atom stereocenters. The molecule has 1 aliphatic rings. The van der Waals surface area contributed by atoms with Gasteiger partial charge in [-0.2, -0.15) is 0 Å². The summed E-state index contributed by atoms with van der Waals surface area (Å²) < 4.78 is 0. The molecule has 1 heterocycles. The molecule has 0 amide bonds. The van der Waals surface area contributed by atoms with Gasteiger partial charge in [0.15, 0.2) is 8.07 Å².